The Hall–Kier alpha value is -2.85. The molecule has 0 fully saturated rings. The number of nitrogens with zero attached hydrogens (tertiary/aromatic N) is 1. The highest BCUT2D eigenvalue weighted by atomic mass is 35.5. The Morgan fingerprint density at radius 1 is 1.00 bits per heavy atom. The van der Waals surface area contributed by atoms with Crippen LogP contribution in [-0.2, 0) is 0 Å². The van der Waals surface area contributed by atoms with Crippen LogP contribution in [0.1, 0.15) is 10.6 Å². The van der Waals surface area contributed by atoms with Crippen LogP contribution in [-0.4, -0.2) is 11.3 Å². The molecule has 4 rings (SSSR count). The largest absolute Gasteiger partial charge is 0.453 e. The molecule has 5 heteroatoms. The lowest BCUT2D eigenvalue weighted by atomic mass is 10.1. The van der Waals surface area contributed by atoms with Crippen LogP contribution in [0.4, 0.5) is 0 Å². The van der Waals surface area contributed by atoms with Crippen molar-refractivity contribution in [2.24, 2.45) is 0 Å². The second-order valence-corrected chi connectivity index (χ2v) is 5.41. The molecule has 4 nitrogen and oxygen atoms in total. The Morgan fingerprint density at radius 2 is 1.87 bits per heavy atom. The molecule has 0 amide bonds. The molecular formula is C18H10ClNO3. The number of carbonyl (C=O) groups excluding carboxylic acids is 1. The third kappa shape index (κ3) is 2.43. The lowest BCUT2D eigenvalue weighted by Gasteiger charge is -2.03. The molecule has 0 aliphatic rings. The van der Waals surface area contributed by atoms with Crippen LogP contribution in [0, 0.1) is 0 Å². The predicted octanol–water partition coefficient (Wildman–Crippen LogP) is 5.22. The molecule has 0 aliphatic carbocycles. The van der Waals surface area contributed by atoms with Gasteiger partial charge < -0.3 is 8.83 Å². The van der Waals surface area contributed by atoms with Crippen molar-refractivity contribution in [3.8, 4) is 22.8 Å². The van der Waals surface area contributed by atoms with Crippen LogP contribution in [0.15, 0.2) is 63.4 Å². The zero-order valence-corrected chi connectivity index (χ0v) is 12.6. The maximum Gasteiger partial charge on any atom is 0.227 e. The standard InChI is InChI=1S/C18H10ClNO3/c19-14-7-5-11(9-13(14)16-8-6-12(10-21)22-16)18-20-15-3-1-2-4-17(15)23-18/h1-10H. The monoisotopic (exact) mass is 323 g/mol. The number of carbonyl (C=O) groups is 1. The van der Waals surface area contributed by atoms with E-state index in [-0.39, 0.29) is 5.76 Å². The average molecular weight is 324 g/mol. The van der Waals surface area contributed by atoms with E-state index in [4.69, 9.17) is 20.4 Å². The van der Waals surface area contributed by atoms with E-state index >= 15 is 0 Å². The number of benzene rings is 2. The van der Waals surface area contributed by atoms with E-state index in [1.807, 2.05) is 36.4 Å². The molecule has 0 spiro atoms. The molecule has 0 atom stereocenters. The number of aldehydes is 1. The molecule has 2 heterocycles. The Balaban J connectivity index is 1.83. The lowest BCUT2D eigenvalue weighted by molar-refractivity contribution is 0.110. The molecule has 4 aromatic rings. The predicted molar refractivity (Wildman–Crippen MR) is 87.5 cm³/mol. The Morgan fingerprint density at radius 3 is 2.65 bits per heavy atom. The Labute approximate surface area is 136 Å². The zero-order valence-electron chi connectivity index (χ0n) is 11.8. The number of aromatic nitrogens is 1. The summed E-state index contributed by atoms with van der Waals surface area (Å²) in [6.07, 6.45) is 0.655. The van der Waals surface area contributed by atoms with Crippen LogP contribution >= 0.6 is 11.6 Å². The summed E-state index contributed by atoms with van der Waals surface area (Å²) in [5.41, 5.74) is 2.98. The van der Waals surface area contributed by atoms with Gasteiger partial charge in [0.1, 0.15) is 11.3 Å². The van der Waals surface area contributed by atoms with Crippen LogP contribution < -0.4 is 0 Å². The second kappa shape index (κ2) is 5.41. The number of hydrogen-bond acceptors (Lipinski definition) is 4. The third-order valence-corrected chi connectivity index (χ3v) is 3.85. The van der Waals surface area contributed by atoms with Crippen molar-refractivity contribution >= 4 is 29.0 Å². The van der Waals surface area contributed by atoms with Crippen molar-refractivity contribution in [2.45, 2.75) is 0 Å². The number of oxazole rings is 1. The summed E-state index contributed by atoms with van der Waals surface area (Å²) in [6, 6.07) is 16.3. The Bertz CT molecular complexity index is 983. The van der Waals surface area contributed by atoms with Gasteiger partial charge in [-0.05, 0) is 42.5 Å². The van der Waals surface area contributed by atoms with Crippen molar-refractivity contribution in [2.75, 3.05) is 0 Å². The molecule has 0 bridgehead atoms. The maximum atomic E-state index is 10.8. The molecule has 0 unspecified atom stereocenters. The summed E-state index contributed by atoms with van der Waals surface area (Å²) in [5.74, 6) is 1.28. The van der Waals surface area contributed by atoms with E-state index < -0.39 is 0 Å². The van der Waals surface area contributed by atoms with Gasteiger partial charge in [-0.1, -0.05) is 23.7 Å². The van der Waals surface area contributed by atoms with Crippen LogP contribution in [0.3, 0.4) is 0 Å². The first-order chi connectivity index (χ1) is 11.2. The maximum absolute atomic E-state index is 10.8. The molecule has 0 aliphatic heterocycles. The zero-order chi connectivity index (χ0) is 15.8. The molecule has 0 saturated heterocycles. The number of hydrogen-bond donors (Lipinski definition) is 0. The highest BCUT2D eigenvalue weighted by molar-refractivity contribution is 6.33. The van der Waals surface area contributed by atoms with E-state index in [2.05, 4.69) is 4.98 Å². The number of furan rings is 1. The molecule has 23 heavy (non-hydrogen) atoms. The summed E-state index contributed by atoms with van der Waals surface area (Å²) < 4.78 is 11.2. The summed E-state index contributed by atoms with van der Waals surface area (Å²) in [7, 11) is 0. The lowest BCUT2D eigenvalue weighted by Crippen LogP contribution is -1.82. The van der Waals surface area contributed by atoms with E-state index in [1.165, 1.54) is 0 Å². The highest BCUT2D eigenvalue weighted by Gasteiger charge is 2.13. The minimum atomic E-state index is 0.253. The fourth-order valence-corrected chi connectivity index (χ4v) is 2.61. The molecule has 112 valence electrons. The Kier molecular flexibility index (Phi) is 3.24. The number of halogens is 1. The molecule has 0 radical (unpaired) electrons. The molecule has 2 aromatic carbocycles. The molecule has 0 N–H and O–H groups in total. The first-order valence-corrected chi connectivity index (χ1v) is 7.33. The summed E-state index contributed by atoms with van der Waals surface area (Å²) in [4.78, 5) is 15.2. The van der Waals surface area contributed by atoms with Gasteiger partial charge >= 0.3 is 0 Å². The van der Waals surface area contributed by atoms with Gasteiger partial charge in [0.05, 0.1) is 5.02 Å². The van der Waals surface area contributed by atoms with Crippen molar-refractivity contribution in [1.29, 1.82) is 0 Å². The van der Waals surface area contributed by atoms with E-state index in [0.29, 0.717) is 28.5 Å². The summed E-state index contributed by atoms with van der Waals surface area (Å²) >= 11 is 6.25. The number of para-hydroxylation sites is 2. The smallest absolute Gasteiger partial charge is 0.227 e. The first kappa shape index (κ1) is 13.8. The van der Waals surface area contributed by atoms with Gasteiger partial charge in [0.2, 0.25) is 5.89 Å². The average Bonchev–Trinajstić information content (AvgIpc) is 3.21. The van der Waals surface area contributed by atoms with Gasteiger partial charge in [0.25, 0.3) is 0 Å². The molecule has 2 aromatic heterocycles. The van der Waals surface area contributed by atoms with Gasteiger partial charge in [-0.15, -0.1) is 0 Å². The normalized spacial score (nSPS) is 11.0. The van der Waals surface area contributed by atoms with Crippen LogP contribution in [0.5, 0.6) is 0 Å². The van der Waals surface area contributed by atoms with Crippen molar-refractivity contribution in [3.05, 3.63) is 65.4 Å². The minimum absolute atomic E-state index is 0.253. The van der Waals surface area contributed by atoms with Crippen LogP contribution in [0.25, 0.3) is 33.9 Å². The van der Waals surface area contributed by atoms with E-state index in [9.17, 15) is 4.79 Å². The third-order valence-electron chi connectivity index (χ3n) is 3.52. The van der Waals surface area contributed by atoms with E-state index in [0.717, 1.165) is 16.7 Å². The number of fused-ring (bicyclic) bond motifs is 1. The molecular weight excluding hydrogens is 314 g/mol. The van der Waals surface area contributed by atoms with E-state index in [1.54, 1.807) is 18.2 Å². The summed E-state index contributed by atoms with van der Waals surface area (Å²) in [6.45, 7) is 0. The summed E-state index contributed by atoms with van der Waals surface area (Å²) in [5, 5.41) is 0.525. The first-order valence-electron chi connectivity index (χ1n) is 6.95. The van der Waals surface area contributed by atoms with Crippen molar-refractivity contribution in [3.63, 3.8) is 0 Å². The van der Waals surface area contributed by atoms with Crippen molar-refractivity contribution < 1.29 is 13.6 Å². The van der Waals surface area contributed by atoms with Crippen molar-refractivity contribution in [1.82, 2.24) is 4.98 Å². The fraction of sp³-hybridized carbons (Fsp3) is 0. The fourth-order valence-electron chi connectivity index (χ4n) is 2.40. The van der Waals surface area contributed by atoms with Gasteiger partial charge in [-0.25, -0.2) is 4.98 Å². The molecule has 0 saturated carbocycles. The quantitative estimate of drug-likeness (QED) is 0.485. The minimum Gasteiger partial charge on any atom is -0.453 e. The topological polar surface area (TPSA) is 56.2 Å². The number of rotatable bonds is 3. The second-order valence-electron chi connectivity index (χ2n) is 5.00. The van der Waals surface area contributed by atoms with Crippen LogP contribution in [0.2, 0.25) is 5.02 Å². The highest BCUT2D eigenvalue weighted by Crippen LogP contribution is 2.34. The van der Waals surface area contributed by atoms with Gasteiger partial charge in [0.15, 0.2) is 17.6 Å². The van der Waals surface area contributed by atoms with Gasteiger partial charge in [-0.3, -0.25) is 4.79 Å². The SMILES string of the molecule is O=Cc1ccc(-c2cc(-c3nc4ccccc4o3)ccc2Cl)o1. The van der Waals surface area contributed by atoms with Gasteiger partial charge in [0, 0.05) is 11.1 Å². The van der Waals surface area contributed by atoms with Gasteiger partial charge in [-0.2, -0.15) is 0 Å².